The van der Waals surface area contributed by atoms with Crippen molar-refractivity contribution in [3.05, 3.63) is 0 Å². The summed E-state index contributed by atoms with van der Waals surface area (Å²) in [6, 6.07) is -0.613. The molecule has 1 amide bonds. The molecule has 0 spiro atoms. The van der Waals surface area contributed by atoms with Gasteiger partial charge in [-0.1, -0.05) is 6.92 Å². The van der Waals surface area contributed by atoms with Crippen molar-refractivity contribution >= 4 is 11.9 Å². The Morgan fingerprint density at radius 2 is 1.94 bits per heavy atom. The molecule has 1 atom stereocenters. The smallest absolute Gasteiger partial charge is 0.326 e. The molecule has 0 radical (unpaired) electrons. The molecule has 2 heterocycles. The molecule has 2 N–H and O–H groups in total. The average molecular weight is 254 g/mol. The van der Waals surface area contributed by atoms with Crippen LogP contribution in [0.2, 0.25) is 0 Å². The van der Waals surface area contributed by atoms with Crippen molar-refractivity contribution < 1.29 is 14.7 Å². The summed E-state index contributed by atoms with van der Waals surface area (Å²) in [4.78, 5) is 25.5. The topological polar surface area (TPSA) is 69.6 Å². The van der Waals surface area contributed by atoms with Crippen LogP contribution in [-0.2, 0) is 9.59 Å². The normalized spacial score (nSPS) is 27.8. The van der Waals surface area contributed by atoms with E-state index < -0.39 is 12.0 Å². The molecule has 0 aromatic rings. The van der Waals surface area contributed by atoms with E-state index in [1.54, 1.807) is 4.90 Å². The summed E-state index contributed by atoms with van der Waals surface area (Å²) >= 11 is 0. The monoisotopic (exact) mass is 254 g/mol. The minimum absolute atomic E-state index is 0.0381. The molecule has 0 bridgehead atoms. The van der Waals surface area contributed by atoms with Crippen LogP contribution in [0.15, 0.2) is 0 Å². The molecule has 2 fully saturated rings. The largest absolute Gasteiger partial charge is 0.480 e. The van der Waals surface area contributed by atoms with Gasteiger partial charge in [0.05, 0.1) is 0 Å². The summed E-state index contributed by atoms with van der Waals surface area (Å²) in [7, 11) is 0. The van der Waals surface area contributed by atoms with Gasteiger partial charge >= 0.3 is 5.97 Å². The molecule has 18 heavy (non-hydrogen) atoms. The number of carbonyl (C=O) groups excluding carboxylic acids is 1. The van der Waals surface area contributed by atoms with Gasteiger partial charge in [-0.25, -0.2) is 4.79 Å². The first-order valence-corrected chi connectivity index (χ1v) is 6.79. The fraction of sp³-hybridized carbons (Fsp3) is 0.846. The fourth-order valence-corrected chi connectivity index (χ4v) is 2.97. The van der Waals surface area contributed by atoms with E-state index >= 15 is 0 Å². The van der Waals surface area contributed by atoms with Crippen molar-refractivity contribution in [1.82, 2.24) is 10.2 Å². The fourth-order valence-electron chi connectivity index (χ4n) is 2.97. The predicted molar refractivity (Wildman–Crippen MR) is 67.2 cm³/mol. The van der Waals surface area contributed by atoms with Crippen LogP contribution < -0.4 is 5.32 Å². The minimum atomic E-state index is -0.861. The number of nitrogens with zero attached hydrogens (tertiary/aromatic N) is 1. The maximum atomic E-state index is 12.6. The number of carboxylic acids is 1. The van der Waals surface area contributed by atoms with Gasteiger partial charge in [0.15, 0.2) is 0 Å². The molecule has 5 nitrogen and oxygen atoms in total. The van der Waals surface area contributed by atoms with E-state index in [-0.39, 0.29) is 11.3 Å². The molecular weight excluding hydrogens is 232 g/mol. The number of nitrogens with one attached hydrogen (secondary N) is 1. The van der Waals surface area contributed by atoms with E-state index in [1.165, 1.54) is 0 Å². The Hall–Kier alpha value is -1.10. The van der Waals surface area contributed by atoms with Crippen LogP contribution in [0.5, 0.6) is 0 Å². The van der Waals surface area contributed by atoms with Gasteiger partial charge in [0.25, 0.3) is 0 Å². The first kappa shape index (κ1) is 13.3. The predicted octanol–water partition coefficient (Wildman–Crippen LogP) is 0.842. The van der Waals surface area contributed by atoms with Gasteiger partial charge in [-0.2, -0.15) is 0 Å². The molecule has 0 aromatic heterocycles. The second kappa shape index (κ2) is 5.26. The van der Waals surface area contributed by atoms with E-state index in [4.69, 9.17) is 0 Å². The number of carboxylic acid groups (broad SMARTS) is 1. The Morgan fingerprint density at radius 1 is 1.28 bits per heavy atom. The van der Waals surface area contributed by atoms with E-state index in [0.717, 1.165) is 38.8 Å². The lowest BCUT2D eigenvalue weighted by Gasteiger charge is -2.41. The number of rotatable bonds is 2. The SMILES string of the molecule is CC1(C(=O)N2CCCCC2C(=O)O)CCNCC1. The summed E-state index contributed by atoms with van der Waals surface area (Å²) in [5, 5.41) is 12.5. The highest BCUT2D eigenvalue weighted by Gasteiger charge is 2.42. The van der Waals surface area contributed by atoms with Crippen molar-refractivity contribution in [2.75, 3.05) is 19.6 Å². The maximum Gasteiger partial charge on any atom is 0.326 e. The molecule has 1 unspecified atom stereocenters. The number of amides is 1. The Kier molecular flexibility index (Phi) is 3.90. The van der Waals surface area contributed by atoms with E-state index in [2.05, 4.69) is 5.32 Å². The Bertz CT molecular complexity index is 337. The maximum absolute atomic E-state index is 12.6. The highest BCUT2D eigenvalue weighted by Crippen LogP contribution is 2.33. The average Bonchev–Trinajstić information content (AvgIpc) is 2.38. The van der Waals surface area contributed by atoms with E-state index in [1.807, 2.05) is 6.92 Å². The zero-order valence-corrected chi connectivity index (χ0v) is 10.9. The summed E-state index contributed by atoms with van der Waals surface area (Å²) in [6.45, 7) is 4.25. The summed E-state index contributed by atoms with van der Waals surface area (Å²) in [5.74, 6) is -0.823. The zero-order chi connectivity index (χ0) is 13.2. The van der Waals surface area contributed by atoms with Crippen LogP contribution in [0.25, 0.3) is 0 Å². The van der Waals surface area contributed by atoms with Crippen LogP contribution in [0.3, 0.4) is 0 Å². The lowest BCUT2D eigenvalue weighted by Crippen LogP contribution is -2.54. The molecule has 5 heteroatoms. The Labute approximate surface area is 108 Å². The van der Waals surface area contributed by atoms with Crippen molar-refractivity contribution in [2.24, 2.45) is 5.41 Å². The Balaban J connectivity index is 2.12. The lowest BCUT2D eigenvalue weighted by molar-refractivity contribution is -0.157. The van der Waals surface area contributed by atoms with Crippen molar-refractivity contribution in [3.8, 4) is 0 Å². The number of piperidine rings is 2. The van der Waals surface area contributed by atoms with E-state index in [0.29, 0.717) is 13.0 Å². The van der Waals surface area contributed by atoms with Gasteiger partial charge in [-0.05, 0) is 45.2 Å². The van der Waals surface area contributed by atoms with E-state index in [9.17, 15) is 14.7 Å². The molecule has 2 rings (SSSR count). The second-order valence-electron chi connectivity index (χ2n) is 5.66. The second-order valence-corrected chi connectivity index (χ2v) is 5.66. The molecule has 0 saturated carbocycles. The number of aliphatic carboxylic acids is 1. The first-order valence-electron chi connectivity index (χ1n) is 6.79. The highest BCUT2D eigenvalue weighted by molar-refractivity contribution is 5.87. The third-order valence-electron chi connectivity index (χ3n) is 4.27. The Morgan fingerprint density at radius 3 is 2.56 bits per heavy atom. The van der Waals surface area contributed by atoms with Gasteiger partial charge in [0.1, 0.15) is 6.04 Å². The molecule has 0 aromatic carbocycles. The standard InChI is InChI=1S/C13H22N2O3/c1-13(5-7-14-8-6-13)12(18)15-9-3-2-4-10(15)11(16)17/h10,14H,2-9H2,1H3,(H,16,17). The summed E-state index contributed by atoms with van der Waals surface area (Å²) in [5.41, 5.74) is -0.379. The van der Waals surface area contributed by atoms with Crippen LogP contribution in [0.1, 0.15) is 39.0 Å². The molecule has 2 aliphatic heterocycles. The number of hydrogen-bond acceptors (Lipinski definition) is 3. The third kappa shape index (κ3) is 2.51. The molecule has 0 aliphatic carbocycles. The molecular formula is C13H22N2O3. The lowest BCUT2D eigenvalue weighted by atomic mass is 9.79. The van der Waals surface area contributed by atoms with Gasteiger partial charge in [-0.15, -0.1) is 0 Å². The van der Waals surface area contributed by atoms with Gasteiger partial charge in [0.2, 0.25) is 5.91 Å². The zero-order valence-electron chi connectivity index (χ0n) is 10.9. The van der Waals surface area contributed by atoms with Crippen molar-refractivity contribution in [2.45, 2.75) is 45.1 Å². The summed E-state index contributed by atoms with van der Waals surface area (Å²) in [6.07, 6.45) is 4.02. The van der Waals surface area contributed by atoms with Crippen LogP contribution in [0.4, 0.5) is 0 Å². The van der Waals surface area contributed by atoms with Crippen LogP contribution in [-0.4, -0.2) is 47.6 Å². The van der Waals surface area contributed by atoms with Crippen molar-refractivity contribution in [3.63, 3.8) is 0 Å². The highest BCUT2D eigenvalue weighted by atomic mass is 16.4. The number of carbonyl (C=O) groups is 2. The minimum Gasteiger partial charge on any atom is -0.480 e. The van der Waals surface area contributed by atoms with Gasteiger partial charge < -0.3 is 15.3 Å². The number of hydrogen-bond donors (Lipinski definition) is 2. The molecule has 2 aliphatic rings. The molecule has 102 valence electrons. The summed E-state index contributed by atoms with van der Waals surface area (Å²) < 4.78 is 0. The van der Waals surface area contributed by atoms with Crippen LogP contribution in [0, 0.1) is 5.41 Å². The van der Waals surface area contributed by atoms with Crippen LogP contribution >= 0.6 is 0 Å². The first-order chi connectivity index (χ1) is 8.54. The number of likely N-dealkylation sites (tertiary alicyclic amines) is 1. The molecule has 2 saturated heterocycles. The quantitative estimate of drug-likeness (QED) is 0.766. The van der Waals surface area contributed by atoms with Gasteiger partial charge in [0, 0.05) is 12.0 Å². The third-order valence-corrected chi connectivity index (χ3v) is 4.27. The van der Waals surface area contributed by atoms with Gasteiger partial charge in [-0.3, -0.25) is 4.79 Å². The van der Waals surface area contributed by atoms with Crippen molar-refractivity contribution in [1.29, 1.82) is 0 Å².